The molecule has 0 unspecified atom stereocenters. The molecule has 138 valence electrons. The molecule has 0 saturated carbocycles. The minimum Gasteiger partial charge on any atom is -0.481 e. The van der Waals surface area contributed by atoms with Crippen LogP contribution in [0.25, 0.3) is 0 Å². The molecule has 1 heterocycles. The Kier molecular flexibility index (Phi) is 6.38. The molecule has 1 saturated heterocycles. The summed E-state index contributed by atoms with van der Waals surface area (Å²) >= 11 is 0. The van der Waals surface area contributed by atoms with Gasteiger partial charge in [0.15, 0.2) is 0 Å². The van der Waals surface area contributed by atoms with Crippen LogP contribution in [0.4, 0.5) is 4.79 Å². The van der Waals surface area contributed by atoms with Gasteiger partial charge >= 0.3 is 12.0 Å². The van der Waals surface area contributed by atoms with Crippen molar-refractivity contribution in [3.8, 4) is 0 Å². The number of carbonyl (C=O) groups is 2. The highest BCUT2D eigenvalue weighted by Gasteiger charge is 2.26. The van der Waals surface area contributed by atoms with Gasteiger partial charge in [0.25, 0.3) is 0 Å². The second-order valence-electron chi connectivity index (χ2n) is 5.98. The molecule has 1 fully saturated rings. The van der Waals surface area contributed by atoms with E-state index in [-0.39, 0.29) is 30.4 Å². The van der Waals surface area contributed by atoms with Crippen LogP contribution in [-0.4, -0.2) is 61.4 Å². The molecule has 25 heavy (non-hydrogen) atoms. The number of sulfonamides is 1. The van der Waals surface area contributed by atoms with Gasteiger partial charge in [0.1, 0.15) is 0 Å². The summed E-state index contributed by atoms with van der Waals surface area (Å²) < 4.78 is 26.3. The zero-order chi connectivity index (χ0) is 18.4. The maximum Gasteiger partial charge on any atom is 0.317 e. The van der Waals surface area contributed by atoms with Crippen LogP contribution in [0.1, 0.15) is 24.8 Å². The third-order valence-corrected chi connectivity index (χ3v) is 5.99. The van der Waals surface area contributed by atoms with Gasteiger partial charge in [0.2, 0.25) is 10.0 Å². The number of rotatable bonds is 7. The molecule has 2 N–H and O–H groups in total. The first-order valence-corrected chi connectivity index (χ1v) is 9.54. The maximum atomic E-state index is 12.4. The van der Waals surface area contributed by atoms with Crippen LogP contribution in [-0.2, 0) is 21.4 Å². The lowest BCUT2D eigenvalue weighted by molar-refractivity contribution is -0.137. The third kappa shape index (κ3) is 5.17. The molecule has 0 spiro atoms. The number of nitrogens with zero attached hydrogens (tertiary/aromatic N) is 2. The number of urea groups is 1. The fourth-order valence-corrected chi connectivity index (χ4v) is 4.05. The molecule has 8 nitrogen and oxygen atoms in total. The van der Waals surface area contributed by atoms with E-state index in [9.17, 15) is 18.0 Å². The molecule has 0 aromatic heterocycles. The zero-order valence-electron chi connectivity index (χ0n) is 14.1. The van der Waals surface area contributed by atoms with E-state index >= 15 is 0 Å². The van der Waals surface area contributed by atoms with Crippen molar-refractivity contribution >= 4 is 22.0 Å². The lowest BCUT2D eigenvalue weighted by Gasteiger charge is -2.17. The molecular weight excluding hydrogens is 346 g/mol. The monoisotopic (exact) mass is 369 g/mol. The van der Waals surface area contributed by atoms with E-state index in [0.29, 0.717) is 13.1 Å². The Hall–Kier alpha value is -2.13. The summed E-state index contributed by atoms with van der Waals surface area (Å²) in [6.45, 7) is 1.47. The summed E-state index contributed by atoms with van der Waals surface area (Å²) in [5.41, 5.74) is 0.764. The number of nitrogens with one attached hydrogen (secondary N) is 1. The number of carboxylic acid groups (broad SMARTS) is 1. The maximum absolute atomic E-state index is 12.4. The van der Waals surface area contributed by atoms with E-state index in [1.165, 1.54) is 16.3 Å². The predicted molar refractivity (Wildman–Crippen MR) is 91.6 cm³/mol. The average molecular weight is 369 g/mol. The first-order chi connectivity index (χ1) is 11.8. The highest BCUT2D eigenvalue weighted by molar-refractivity contribution is 7.89. The number of hydrogen-bond acceptors (Lipinski definition) is 4. The fourth-order valence-electron chi connectivity index (χ4n) is 2.53. The third-order valence-electron chi connectivity index (χ3n) is 4.08. The van der Waals surface area contributed by atoms with E-state index in [2.05, 4.69) is 5.32 Å². The molecule has 2 amide bonds. The first kappa shape index (κ1) is 19.2. The average Bonchev–Trinajstić information content (AvgIpc) is 3.13. The fraction of sp³-hybridized carbons (Fsp3) is 0.500. The molecule has 0 radical (unpaired) electrons. The highest BCUT2D eigenvalue weighted by atomic mass is 32.2. The minimum absolute atomic E-state index is 0.118. The van der Waals surface area contributed by atoms with Gasteiger partial charge in [-0.1, -0.05) is 12.1 Å². The summed E-state index contributed by atoms with van der Waals surface area (Å²) in [5, 5.41) is 11.3. The van der Waals surface area contributed by atoms with E-state index < -0.39 is 16.0 Å². The molecule has 1 aromatic rings. The Bertz CT molecular complexity index is 712. The van der Waals surface area contributed by atoms with Crippen molar-refractivity contribution in [2.24, 2.45) is 0 Å². The second kappa shape index (κ2) is 8.30. The molecule has 2 rings (SSSR count). The van der Waals surface area contributed by atoms with Gasteiger partial charge in [-0.05, 0) is 30.5 Å². The lowest BCUT2D eigenvalue weighted by Crippen LogP contribution is -2.38. The number of hydrogen-bond donors (Lipinski definition) is 2. The van der Waals surface area contributed by atoms with Gasteiger partial charge in [0.05, 0.1) is 11.3 Å². The second-order valence-corrected chi connectivity index (χ2v) is 7.92. The molecule has 1 aromatic carbocycles. The van der Waals surface area contributed by atoms with Crippen molar-refractivity contribution in [2.45, 2.75) is 30.7 Å². The van der Waals surface area contributed by atoms with Gasteiger partial charge in [-0.15, -0.1) is 0 Å². The standard InChI is InChI=1S/C16H23N3O5S/c1-18(11-8-15(20)21)16(22)17-12-13-4-6-14(7-5-13)25(23,24)19-9-2-3-10-19/h4-7H,2-3,8-12H2,1H3,(H,17,22)(H,20,21). The van der Waals surface area contributed by atoms with Crippen LogP contribution < -0.4 is 5.32 Å². The number of aliphatic carboxylic acids is 1. The summed E-state index contributed by atoms with van der Waals surface area (Å²) in [7, 11) is -1.92. The first-order valence-electron chi connectivity index (χ1n) is 8.10. The summed E-state index contributed by atoms with van der Waals surface area (Å²) in [5.74, 6) is -0.963. The van der Waals surface area contributed by atoms with Crippen molar-refractivity contribution in [2.75, 3.05) is 26.7 Å². The SMILES string of the molecule is CN(CCC(=O)O)C(=O)NCc1ccc(S(=O)(=O)N2CCCC2)cc1. The van der Waals surface area contributed by atoms with E-state index in [1.807, 2.05) is 0 Å². The van der Waals surface area contributed by atoms with E-state index in [1.54, 1.807) is 24.3 Å². The Balaban J connectivity index is 1.90. The molecule has 1 aliphatic heterocycles. The topological polar surface area (TPSA) is 107 Å². The predicted octanol–water partition coefficient (Wildman–Crippen LogP) is 1.09. The van der Waals surface area contributed by atoms with Crippen LogP contribution in [0.5, 0.6) is 0 Å². The van der Waals surface area contributed by atoms with Gasteiger partial charge in [-0.25, -0.2) is 13.2 Å². The molecular formula is C16H23N3O5S. The van der Waals surface area contributed by atoms with Crippen molar-refractivity contribution in [1.29, 1.82) is 0 Å². The van der Waals surface area contributed by atoms with Crippen molar-refractivity contribution < 1.29 is 23.1 Å². The molecule has 0 atom stereocenters. The minimum atomic E-state index is -3.43. The molecule has 0 bridgehead atoms. The Morgan fingerprint density at radius 2 is 1.80 bits per heavy atom. The van der Waals surface area contributed by atoms with Crippen LogP contribution in [0.15, 0.2) is 29.2 Å². The van der Waals surface area contributed by atoms with Crippen LogP contribution in [0.2, 0.25) is 0 Å². The van der Waals surface area contributed by atoms with Crippen LogP contribution >= 0.6 is 0 Å². The Labute approximate surface area is 147 Å². The van der Waals surface area contributed by atoms with Crippen LogP contribution in [0.3, 0.4) is 0 Å². The number of carbonyl (C=O) groups excluding carboxylic acids is 1. The zero-order valence-corrected chi connectivity index (χ0v) is 15.0. The number of carboxylic acids is 1. The van der Waals surface area contributed by atoms with Gasteiger partial charge < -0.3 is 15.3 Å². The van der Waals surface area contributed by atoms with E-state index in [4.69, 9.17) is 5.11 Å². The highest BCUT2D eigenvalue weighted by Crippen LogP contribution is 2.21. The summed E-state index contributed by atoms with van der Waals surface area (Å²) in [6.07, 6.45) is 1.66. The van der Waals surface area contributed by atoms with E-state index in [0.717, 1.165) is 18.4 Å². The normalized spacial score (nSPS) is 15.1. The van der Waals surface area contributed by atoms with Crippen LogP contribution in [0, 0.1) is 0 Å². The number of benzene rings is 1. The van der Waals surface area contributed by atoms with Gasteiger partial charge in [-0.3, -0.25) is 4.79 Å². The molecule has 9 heteroatoms. The molecule has 1 aliphatic rings. The largest absolute Gasteiger partial charge is 0.481 e. The summed E-state index contributed by atoms with van der Waals surface area (Å²) in [4.78, 5) is 23.9. The lowest BCUT2D eigenvalue weighted by atomic mass is 10.2. The Morgan fingerprint density at radius 1 is 1.20 bits per heavy atom. The Morgan fingerprint density at radius 3 is 2.36 bits per heavy atom. The van der Waals surface area contributed by atoms with Gasteiger partial charge in [-0.2, -0.15) is 4.31 Å². The smallest absolute Gasteiger partial charge is 0.317 e. The number of amides is 2. The van der Waals surface area contributed by atoms with Gasteiger partial charge in [0, 0.05) is 33.2 Å². The van der Waals surface area contributed by atoms with Crippen molar-refractivity contribution in [3.05, 3.63) is 29.8 Å². The van der Waals surface area contributed by atoms with Crippen molar-refractivity contribution in [1.82, 2.24) is 14.5 Å². The summed E-state index contributed by atoms with van der Waals surface area (Å²) in [6, 6.07) is 6.04. The quantitative estimate of drug-likeness (QED) is 0.748. The van der Waals surface area contributed by atoms with Crippen molar-refractivity contribution in [3.63, 3.8) is 0 Å². The molecule has 0 aliphatic carbocycles.